The maximum absolute atomic E-state index is 13.3. The first-order valence-electron chi connectivity index (χ1n) is 11.0. The maximum atomic E-state index is 13.3. The third kappa shape index (κ3) is 4.26. The first-order valence-corrected chi connectivity index (χ1v) is 12.2. The van der Waals surface area contributed by atoms with Gasteiger partial charge in [0.25, 0.3) is 5.78 Å². The van der Waals surface area contributed by atoms with Crippen molar-refractivity contribution < 1.29 is 19.4 Å². The highest BCUT2D eigenvalue weighted by Gasteiger charge is 2.48. The van der Waals surface area contributed by atoms with Crippen LogP contribution < -0.4 is 9.64 Å². The summed E-state index contributed by atoms with van der Waals surface area (Å²) in [6, 6.07) is 14.6. The fourth-order valence-electron chi connectivity index (χ4n) is 3.96. The van der Waals surface area contributed by atoms with Crippen LogP contribution in [0.3, 0.4) is 0 Å². The van der Waals surface area contributed by atoms with Crippen LogP contribution >= 0.6 is 22.9 Å². The van der Waals surface area contributed by atoms with E-state index in [4.69, 9.17) is 16.3 Å². The van der Waals surface area contributed by atoms with Gasteiger partial charge in [0.1, 0.15) is 11.5 Å². The molecular formula is C26H20ClN3O4S. The highest BCUT2D eigenvalue weighted by Crippen LogP contribution is 2.44. The zero-order valence-corrected chi connectivity index (χ0v) is 20.2. The molecule has 1 unspecified atom stereocenters. The highest BCUT2D eigenvalue weighted by molar-refractivity contribution is 7.22. The molecule has 5 rings (SSSR count). The van der Waals surface area contributed by atoms with Gasteiger partial charge in [0, 0.05) is 23.0 Å². The lowest BCUT2D eigenvalue weighted by Crippen LogP contribution is -2.29. The maximum Gasteiger partial charge on any atom is 0.301 e. The Hall–Kier alpha value is -3.75. The number of anilines is 1. The van der Waals surface area contributed by atoms with Crippen LogP contribution in [-0.2, 0) is 9.59 Å². The standard InChI is InChI=1S/C26H20ClN3O4S/c1-2-12-34-18-8-5-15(6-9-18)23(31)21-22(16-4-3-11-28-14-16)30(25(33)24(21)32)26-29-19-10-7-17(27)13-20(19)35-26/h3-11,13-14,22,31H,2,12H2,1H3. The van der Waals surface area contributed by atoms with Crippen LogP contribution in [-0.4, -0.2) is 33.4 Å². The van der Waals surface area contributed by atoms with Crippen LogP contribution in [0, 0.1) is 0 Å². The van der Waals surface area contributed by atoms with Gasteiger partial charge in [-0.05, 0) is 60.5 Å². The molecule has 35 heavy (non-hydrogen) atoms. The van der Waals surface area contributed by atoms with Crippen LogP contribution in [0.1, 0.15) is 30.5 Å². The van der Waals surface area contributed by atoms with Crippen molar-refractivity contribution >= 4 is 55.7 Å². The topological polar surface area (TPSA) is 92.6 Å². The second-order valence-electron chi connectivity index (χ2n) is 7.94. The van der Waals surface area contributed by atoms with E-state index in [2.05, 4.69) is 9.97 Å². The van der Waals surface area contributed by atoms with Gasteiger partial charge in [0.05, 0.1) is 28.4 Å². The number of amides is 1. The molecule has 0 bridgehead atoms. The number of halogens is 1. The van der Waals surface area contributed by atoms with Crippen molar-refractivity contribution in [3.05, 3.63) is 88.7 Å². The Morgan fingerprint density at radius 2 is 1.97 bits per heavy atom. The Kier molecular flexibility index (Phi) is 6.23. The first-order chi connectivity index (χ1) is 17.0. The smallest absolute Gasteiger partial charge is 0.301 e. The van der Waals surface area contributed by atoms with Crippen molar-refractivity contribution in [2.24, 2.45) is 0 Å². The summed E-state index contributed by atoms with van der Waals surface area (Å²) in [6.45, 7) is 2.59. The minimum absolute atomic E-state index is 0.0254. The van der Waals surface area contributed by atoms with Crippen molar-refractivity contribution in [3.8, 4) is 5.75 Å². The van der Waals surface area contributed by atoms with Gasteiger partial charge < -0.3 is 9.84 Å². The van der Waals surface area contributed by atoms with Crippen LogP contribution in [0.4, 0.5) is 5.13 Å². The number of rotatable bonds is 6. The van der Waals surface area contributed by atoms with E-state index in [-0.39, 0.29) is 11.3 Å². The summed E-state index contributed by atoms with van der Waals surface area (Å²) in [5.41, 5.74) is 1.61. The SMILES string of the molecule is CCCOc1ccc(C(O)=C2C(=O)C(=O)N(c3nc4ccc(Cl)cc4s3)C2c2cccnc2)cc1. The largest absolute Gasteiger partial charge is 0.507 e. The number of nitrogens with zero attached hydrogens (tertiary/aromatic N) is 3. The van der Waals surface area contributed by atoms with Gasteiger partial charge in [0.2, 0.25) is 0 Å². The van der Waals surface area contributed by atoms with E-state index in [0.29, 0.717) is 39.2 Å². The molecule has 3 heterocycles. The molecule has 1 atom stereocenters. The number of carbonyl (C=O) groups is 2. The molecule has 9 heteroatoms. The Morgan fingerprint density at radius 1 is 1.17 bits per heavy atom. The predicted octanol–water partition coefficient (Wildman–Crippen LogP) is 5.76. The second kappa shape index (κ2) is 9.48. The molecule has 1 aliphatic rings. The Labute approximate surface area is 210 Å². The Bertz CT molecular complexity index is 1450. The number of ether oxygens (including phenoxy) is 1. The van der Waals surface area contributed by atoms with E-state index < -0.39 is 17.7 Å². The molecule has 0 aliphatic carbocycles. The van der Waals surface area contributed by atoms with Gasteiger partial charge in [-0.15, -0.1) is 0 Å². The van der Waals surface area contributed by atoms with Gasteiger partial charge in [-0.3, -0.25) is 19.5 Å². The zero-order valence-electron chi connectivity index (χ0n) is 18.6. The molecule has 0 saturated carbocycles. The molecule has 176 valence electrons. The summed E-state index contributed by atoms with van der Waals surface area (Å²) in [5, 5.41) is 12.1. The van der Waals surface area contributed by atoms with E-state index in [9.17, 15) is 14.7 Å². The number of fused-ring (bicyclic) bond motifs is 1. The minimum Gasteiger partial charge on any atom is -0.507 e. The summed E-state index contributed by atoms with van der Waals surface area (Å²) >= 11 is 7.37. The second-order valence-corrected chi connectivity index (χ2v) is 9.38. The van der Waals surface area contributed by atoms with Gasteiger partial charge >= 0.3 is 5.91 Å². The predicted molar refractivity (Wildman–Crippen MR) is 136 cm³/mol. The van der Waals surface area contributed by atoms with E-state index in [1.165, 1.54) is 16.2 Å². The average Bonchev–Trinajstić information content (AvgIpc) is 3.40. The lowest BCUT2D eigenvalue weighted by molar-refractivity contribution is -0.132. The number of hydrogen-bond donors (Lipinski definition) is 1. The number of hydrogen-bond acceptors (Lipinski definition) is 7. The number of aliphatic hydroxyl groups is 1. The van der Waals surface area contributed by atoms with E-state index in [0.717, 1.165) is 11.1 Å². The first kappa shape index (κ1) is 23.0. The van der Waals surface area contributed by atoms with Gasteiger partial charge in [-0.2, -0.15) is 0 Å². The Balaban J connectivity index is 1.64. The summed E-state index contributed by atoms with van der Waals surface area (Å²) in [5.74, 6) is -1.18. The normalized spacial score (nSPS) is 17.3. The molecule has 1 fully saturated rings. The van der Waals surface area contributed by atoms with E-state index >= 15 is 0 Å². The van der Waals surface area contributed by atoms with E-state index in [1.54, 1.807) is 67.0 Å². The van der Waals surface area contributed by atoms with Gasteiger partial charge in [-0.25, -0.2) is 4.98 Å². The summed E-state index contributed by atoms with van der Waals surface area (Å²) < 4.78 is 6.38. The number of pyridine rings is 1. The quantitative estimate of drug-likeness (QED) is 0.203. The number of aromatic nitrogens is 2. The number of thiazole rings is 1. The highest BCUT2D eigenvalue weighted by atomic mass is 35.5. The third-order valence-corrected chi connectivity index (χ3v) is 6.84. The van der Waals surface area contributed by atoms with Crippen molar-refractivity contribution in [2.45, 2.75) is 19.4 Å². The van der Waals surface area contributed by atoms with Crippen LogP contribution in [0.5, 0.6) is 5.75 Å². The average molecular weight is 506 g/mol. The molecule has 7 nitrogen and oxygen atoms in total. The number of aliphatic hydroxyl groups excluding tert-OH is 1. The zero-order chi connectivity index (χ0) is 24.5. The molecule has 1 amide bonds. The molecule has 4 aromatic rings. The molecule has 1 saturated heterocycles. The summed E-state index contributed by atoms with van der Waals surface area (Å²) in [4.78, 5) is 36.6. The molecule has 2 aromatic heterocycles. The number of carbonyl (C=O) groups excluding carboxylic acids is 2. The van der Waals surface area contributed by atoms with Crippen molar-refractivity contribution in [1.82, 2.24) is 9.97 Å². The number of ketones is 1. The molecule has 1 N–H and O–H groups in total. The molecule has 2 aromatic carbocycles. The molecule has 1 aliphatic heterocycles. The molecule has 0 radical (unpaired) electrons. The number of Topliss-reactive ketones (excluding diaryl/α,β-unsaturated/α-hetero) is 1. The van der Waals surface area contributed by atoms with Crippen molar-refractivity contribution in [1.29, 1.82) is 0 Å². The van der Waals surface area contributed by atoms with Gasteiger partial charge in [-0.1, -0.05) is 35.9 Å². The monoisotopic (exact) mass is 505 g/mol. The molecular weight excluding hydrogens is 486 g/mol. The molecule has 0 spiro atoms. The van der Waals surface area contributed by atoms with Crippen LogP contribution in [0.15, 0.2) is 72.6 Å². The minimum atomic E-state index is -0.893. The fourth-order valence-corrected chi connectivity index (χ4v) is 5.23. The number of benzene rings is 2. The van der Waals surface area contributed by atoms with Crippen molar-refractivity contribution in [2.75, 3.05) is 11.5 Å². The van der Waals surface area contributed by atoms with Crippen molar-refractivity contribution in [3.63, 3.8) is 0 Å². The summed E-state index contributed by atoms with van der Waals surface area (Å²) in [7, 11) is 0. The summed E-state index contributed by atoms with van der Waals surface area (Å²) in [6.07, 6.45) is 4.04. The third-order valence-electron chi connectivity index (χ3n) is 5.59. The Morgan fingerprint density at radius 3 is 2.69 bits per heavy atom. The van der Waals surface area contributed by atoms with Gasteiger partial charge in [0.15, 0.2) is 5.13 Å². The lowest BCUT2D eigenvalue weighted by atomic mass is 9.96. The lowest BCUT2D eigenvalue weighted by Gasteiger charge is -2.22. The van der Waals surface area contributed by atoms with E-state index in [1.807, 2.05) is 6.92 Å². The van der Waals surface area contributed by atoms with Crippen LogP contribution in [0.25, 0.3) is 16.0 Å². The van der Waals surface area contributed by atoms with Crippen LogP contribution in [0.2, 0.25) is 5.02 Å². The fraction of sp³-hybridized carbons (Fsp3) is 0.154.